The Morgan fingerprint density at radius 3 is 2.06 bits per heavy atom. The summed E-state index contributed by atoms with van der Waals surface area (Å²) in [6.07, 6.45) is 8.02. The number of hydrogen-bond acceptors (Lipinski definition) is 3. The Morgan fingerprint density at radius 1 is 0.970 bits per heavy atom. The van der Waals surface area contributed by atoms with Crippen LogP contribution in [0.15, 0.2) is 18.2 Å². The number of carbonyl (C=O) groups excluding carboxylic acids is 1. The molecule has 0 radical (unpaired) electrons. The molecule has 2 rings (SSSR count). The lowest BCUT2D eigenvalue weighted by atomic mass is 9.62. The summed E-state index contributed by atoms with van der Waals surface area (Å²) in [5.74, 6) is 0.910. The zero-order valence-electron chi connectivity index (χ0n) is 23.0. The van der Waals surface area contributed by atoms with Crippen LogP contribution in [0.3, 0.4) is 0 Å². The second-order valence-corrected chi connectivity index (χ2v) is 17.5. The van der Waals surface area contributed by atoms with Crippen molar-refractivity contribution in [1.82, 2.24) is 0 Å². The van der Waals surface area contributed by atoms with E-state index < -0.39 is 8.32 Å². The van der Waals surface area contributed by atoms with Crippen LogP contribution in [0, 0.1) is 0 Å². The lowest BCUT2D eigenvalue weighted by molar-refractivity contribution is -0.104. The first-order chi connectivity index (χ1) is 15.1. The minimum absolute atomic E-state index is 0.129. The van der Waals surface area contributed by atoms with Crippen LogP contribution >= 0.6 is 0 Å². The smallest absolute Gasteiger partial charge is 0.191 e. The highest BCUT2D eigenvalue weighted by Gasteiger charge is 2.38. The van der Waals surface area contributed by atoms with Gasteiger partial charge < -0.3 is 9.16 Å². The number of unbranched alkanes of at least 4 members (excludes halogenated alkanes) is 2. The average molecular weight is 473 g/mol. The monoisotopic (exact) mass is 472 g/mol. The first-order valence-electron chi connectivity index (χ1n) is 12.7. The van der Waals surface area contributed by atoms with E-state index >= 15 is 0 Å². The standard InChI is InChI=1S/C29H48O3Si/c1-22(14-17-30)23-20-24-25(29(7,8)16-15-28(24,5)6)21-26(23)31-18-12-11-13-19-32-33(9,10)27(2,3)4/h14,17,20-21H,11-13,15-16,18-19H2,1-10H3/b22-14-. The molecule has 0 spiro atoms. The number of hydrogen-bond donors (Lipinski definition) is 0. The highest BCUT2D eigenvalue weighted by molar-refractivity contribution is 6.74. The summed E-state index contributed by atoms with van der Waals surface area (Å²) in [5, 5.41) is 0.258. The summed E-state index contributed by atoms with van der Waals surface area (Å²) >= 11 is 0. The van der Waals surface area contributed by atoms with E-state index in [4.69, 9.17) is 9.16 Å². The molecule has 0 amide bonds. The van der Waals surface area contributed by atoms with Crippen molar-refractivity contribution in [1.29, 1.82) is 0 Å². The van der Waals surface area contributed by atoms with Crippen LogP contribution in [-0.2, 0) is 20.1 Å². The molecule has 0 atom stereocenters. The van der Waals surface area contributed by atoms with Gasteiger partial charge >= 0.3 is 0 Å². The molecule has 0 bridgehead atoms. The number of carbonyl (C=O) groups is 1. The van der Waals surface area contributed by atoms with Crippen LogP contribution < -0.4 is 4.74 Å². The Bertz CT molecular complexity index is 856. The van der Waals surface area contributed by atoms with E-state index in [1.54, 1.807) is 6.08 Å². The van der Waals surface area contributed by atoms with Gasteiger partial charge in [-0.3, -0.25) is 4.79 Å². The predicted molar refractivity (Wildman–Crippen MR) is 144 cm³/mol. The van der Waals surface area contributed by atoms with Crippen LogP contribution in [0.25, 0.3) is 5.57 Å². The number of ether oxygens (including phenoxy) is 1. The van der Waals surface area contributed by atoms with Crippen LogP contribution in [0.4, 0.5) is 0 Å². The lowest BCUT2D eigenvalue weighted by Gasteiger charge is -2.42. The van der Waals surface area contributed by atoms with Gasteiger partial charge in [0, 0.05) is 12.2 Å². The Morgan fingerprint density at radius 2 is 1.52 bits per heavy atom. The van der Waals surface area contributed by atoms with E-state index in [9.17, 15) is 4.79 Å². The number of rotatable bonds is 10. The summed E-state index contributed by atoms with van der Waals surface area (Å²) in [4.78, 5) is 11.2. The van der Waals surface area contributed by atoms with Crippen molar-refractivity contribution in [2.75, 3.05) is 13.2 Å². The lowest BCUT2D eigenvalue weighted by Crippen LogP contribution is -2.40. The molecule has 0 saturated carbocycles. The molecule has 0 unspecified atom stereocenters. The van der Waals surface area contributed by atoms with E-state index in [0.29, 0.717) is 6.61 Å². The Hall–Kier alpha value is -1.39. The van der Waals surface area contributed by atoms with Crippen molar-refractivity contribution in [2.45, 2.75) is 116 Å². The first-order valence-corrected chi connectivity index (χ1v) is 15.6. The topological polar surface area (TPSA) is 35.5 Å². The summed E-state index contributed by atoms with van der Waals surface area (Å²) in [5.41, 5.74) is 5.05. The maximum absolute atomic E-state index is 11.2. The first kappa shape index (κ1) is 27.8. The van der Waals surface area contributed by atoms with Gasteiger partial charge in [0.1, 0.15) is 12.0 Å². The molecular weight excluding hydrogens is 424 g/mol. The number of fused-ring (bicyclic) bond motifs is 1. The minimum atomic E-state index is -1.66. The quantitative estimate of drug-likeness (QED) is 0.149. The Kier molecular flexibility index (Phi) is 8.84. The summed E-state index contributed by atoms with van der Waals surface area (Å²) in [6.45, 7) is 24.3. The molecule has 3 nitrogen and oxygen atoms in total. The fraction of sp³-hybridized carbons (Fsp3) is 0.690. The van der Waals surface area contributed by atoms with E-state index in [1.807, 2.05) is 6.92 Å². The summed E-state index contributed by atoms with van der Waals surface area (Å²) < 4.78 is 12.6. The number of allylic oxidation sites excluding steroid dienone is 2. The van der Waals surface area contributed by atoms with Gasteiger partial charge in [-0.2, -0.15) is 0 Å². The Balaban J connectivity index is 2.09. The third kappa shape index (κ3) is 6.82. The zero-order chi connectivity index (χ0) is 25.1. The number of aldehydes is 1. The van der Waals surface area contributed by atoms with Crippen LogP contribution in [0.5, 0.6) is 5.75 Å². The average Bonchev–Trinajstić information content (AvgIpc) is 2.69. The van der Waals surface area contributed by atoms with Gasteiger partial charge in [0.2, 0.25) is 0 Å². The molecule has 0 aromatic heterocycles. The fourth-order valence-electron chi connectivity index (χ4n) is 4.32. The van der Waals surface area contributed by atoms with Crippen molar-refractivity contribution < 1.29 is 14.0 Å². The van der Waals surface area contributed by atoms with Crippen molar-refractivity contribution in [3.8, 4) is 5.75 Å². The molecule has 1 aromatic rings. The predicted octanol–water partition coefficient (Wildman–Crippen LogP) is 8.21. The minimum Gasteiger partial charge on any atom is -0.493 e. The van der Waals surface area contributed by atoms with Crippen molar-refractivity contribution in [3.63, 3.8) is 0 Å². The largest absolute Gasteiger partial charge is 0.493 e. The molecule has 1 aliphatic carbocycles. The van der Waals surface area contributed by atoms with Crippen molar-refractivity contribution >= 4 is 20.2 Å². The molecule has 0 aliphatic heterocycles. The molecule has 0 heterocycles. The zero-order valence-corrected chi connectivity index (χ0v) is 24.0. The van der Waals surface area contributed by atoms with Gasteiger partial charge in [-0.25, -0.2) is 0 Å². The molecule has 4 heteroatoms. The molecule has 1 aliphatic rings. The molecule has 0 fully saturated rings. The second kappa shape index (κ2) is 10.5. The van der Waals surface area contributed by atoms with Gasteiger partial charge in [0.05, 0.1) is 6.61 Å². The maximum Gasteiger partial charge on any atom is 0.191 e. The summed E-state index contributed by atoms with van der Waals surface area (Å²) in [6, 6.07) is 4.54. The molecule has 33 heavy (non-hydrogen) atoms. The maximum atomic E-state index is 11.2. The fourth-order valence-corrected chi connectivity index (χ4v) is 5.41. The van der Waals surface area contributed by atoms with E-state index in [0.717, 1.165) is 49.0 Å². The normalized spacial score (nSPS) is 18.1. The molecule has 186 valence electrons. The van der Waals surface area contributed by atoms with Crippen LogP contribution in [-0.4, -0.2) is 27.8 Å². The van der Waals surface area contributed by atoms with Gasteiger partial charge in [-0.1, -0.05) is 48.5 Å². The molecule has 0 N–H and O–H groups in total. The second-order valence-electron chi connectivity index (χ2n) is 12.7. The number of benzene rings is 1. The molecule has 0 saturated heterocycles. The van der Waals surface area contributed by atoms with E-state index in [-0.39, 0.29) is 15.9 Å². The van der Waals surface area contributed by atoms with E-state index in [1.165, 1.54) is 24.0 Å². The Labute approximate surface area is 204 Å². The van der Waals surface area contributed by atoms with Crippen LogP contribution in [0.1, 0.15) is 104 Å². The molecule has 1 aromatic carbocycles. The van der Waals surface area contributed by atoms with Gasteiger partial charge in [-0.05, 0) is 103 Å². The SMILES string of the molecule is C/C(=C/C=O)c1cc2c(cc1OCCCCCO[Si](C)(C)C(C)(C)C)C(C)(C)CCC2(C)C. The highest BCUT2D eigenvalue weighted by atomic mass is 28.4. The third-order valence-corrected chi connectivity index (χ3v) is 12.5. The van der Waals surface area contributed by atoms with Gasteiger partial charge in [0.15, 0.2) is 8.32 Å². The van der Waals surface area contributed by atoms with E-state index in [2.05, 4.69) is 73.7 Å². The van der Waals surface area contributed by atoms with Gasteiger partial charge in [0.25, 0.3) is 0 Å². The molecular formula is C29H48O3Si. The highest BCUT2D eigenvalue weighted by Crippen LogP contribution is 2.48. The van der Waals surface area contributed by atoms with Crippen LogP contribution in [0.2, 0.25) is 18.1 Å². The van der Waals surface area contributed by atoms with Gasteiger partial charge in [-0.15, -0.1) is 0 Å². The summed E-state index contributed by atoms with van der Waals surface area (Å²) in [7, 11) is -1.66. The van der Waals surface area contributed by atoms with Crippen molar-refractivity contribution in [3.05, 3.63) is 34.9 Å². The van der Waals surface area contributed by atoms with Crippen molar-refractivity contribution in [2.24, 2.45) is 0 Å². The third-order valence-electron chi connectivity index (χ3n) is 8.01.